The lowest BCUT2D eigenvalue weighted by Gasteiger charge is -2.09. The zero-order chi connectivity index (χ0) is 9.84. The van der Waals surface area contributed by atoms with E-state index >= 15 is 0 Å². The maximum Gasteiger partial charge on any atom is 0.151 e. The van der Waals surface area contributed by atoms with Crippen LogP contribution in [0, 0.1) is 13.8 Å². The molecule has 0 aliphatic heterocycles. The van der Waals surface area contributed by atoms with Gasteiger partial charge in [-0.15, -0.1) is 0 Å². The molecule has 0 N–H and O–H groups in total. The number of aldehydes is 1. The Morgan fingerprint density at radius 2 is 2.15 bits per heavy atom. The van der Waals surface area contributed by atoms with E-state index in [2.05, 4.69) is 11.9 Å². The van der Waals surface area contributed by atoms with Gasteiger partial charge >= 0.3 is 0 Å². The number of aryl methyl sites for hydroxylation is 1. The average molecular weight is 177 g/mol. The normalized spacial score (nSPS) is 10.1. The number of aromatic nitrogens is 1. The molecular weight excluding hydrogens is 162 g/mol. The van der Waals surface area contributed by atoms with E-state index in [0.29, 0.717) is 5.56 Å². The molecule has 1 heterocycles. The van der Waals surface area contributed by atoms with Gasteiger partial charge in [-0.2, -0.15) is 0 Å². The number of pyridine rings is 1. The van der Waals surface area contributed by atoms with Crippen molar-refractivity contribution in [3.63, 3.8) is 0 Å². The van der Waals surface area contributed by atoms with E-state index in [9.17, 15) is 4.79 Å². The molecule has 0 saturated heterocycles. The Morgan fingerprint density at radius 3 is 2.69 bits per heavy atom. The summed E-state index contributed by atoms with van der Waals surface area (Å²) in [4.78, 5) is 14.9. The molecule has 70 valence electrons. The van der Waals surface area contributed by atoms with Crippen molar-refractivity contribution in [3.8, 4) is 0 Å². The van der Waals surface area contributed by atoms with Crippen molar-refractivity contribution in [2.24, 2.45) is 0 Å². The third kappa shape index (κ3) is 1.94. The highest BCUT2D eigenvalue weighted by molar-refractivity contribution is 5.77. The Morgan fingerprint density at radius 1 is 1.46 bits per heavy atom. The summed E-state index contributed by atoms with van der Waals surface area (Å²) >= 11 is 0. The van der Waals surface area contributed by atoms with E-state index in [4.69, 9.17) is 0 Å². The van der Waals surface area contributed by atoms with E-state index in [-0.39, 0.29) is 0 Å². The minimum Gasteiger partial charge on any atom is -0.298 e. The minimum absolute atomic E-state index is 0.717. The molecule has 1 aromatic heterocycles. The third-order valence-corrected chi connectivity index (χ3v) is 2.35. The van der Waals surface area contributed by atoms with Crippen LogP contribution in [0.25, 0.3) is 0 Å². The highest BCUT2D eigenvalue weighted by Gasteiger charge is 2.06. The summed E-state index contributed by atoms with van der Waals surface area (Å²) in [7, 11) is 0. The van der Waals surface area contributed by atoms with Crippen molar-refractivity contribution in [1.29, 1.82) is 0 Å². The van der Waals surface area contributed by atoms with Gasteiger partial charge in [0.15, 0.2) is 6.29 Å². The zero-order valence-corrected chi connectivity index (χ0v) is 8.42. The first kappa shape index (κ1) is 9.90. The molecule has 0 bridgehead atoms. The molecule has 0 radical (unpaired) electrons. The van der Waals surface area contributed by atoms with Crippen molar-refractivity contribution < 1.29 is 4.79 Å². The fourth-order valence-electron chi connectivity index (χ4n) is 1.52. The fraction of sp³-hybridized carbons (Fsp3) is 0.455. The second kappa shape index (κ2) is 4.17. The summed E-state index contributed by atoms with van der Waals surface area (Å²) in [6, 6.07) is 0. The maximum absolute atomic E-state index is 10.7. The van der Waals surface area contributed by atoms with Crippen LogP contribution in [0.5, 0.6) is 0 Å². The first-order chi connectivity index (χ1) is 6.20. The molecule has 0 spiro atoms. The van der Waals surface area contributed by atoms with Crippen LogP contribution >= 0.6 is 0 Å². The van der Waals surface area contributed by atoms with Gasteiger partial charge in [0.1, 0.15) is 0 Å². The highest BCUT2D eigenvalue weighted by Crippen LogP contribution is 2.16. The van der Waals surface area contributed by atoms with Crippen LogP contribution in [0.15, 0.2) is 6.20 Å². The topological polar surface area (TPSA) is 30.0 Å². The highest BCUT2D eigenvalue weighted by atomic mass is 16.1. The predicted octanol–water partition coefficient (Wildman–Crippen LogP) is 2.46. The van der Waals surface area contributed by atoms with E-state index in [1.54, 1.807) is 6.20 Å². The Kier molecular flexibility index (Phi) is 3.18. The Balaban J connectivity index is 3.21. The molecule has 0 unspecified atom stereocenters. The predicted molar refractivity (Wildman–Crippen MR) is 53.1 cm³/mol. The quantitative estimate of drug-likeness (QED) is 0.664. The lowest BCUT2D eigenvalue weighted by molar-refractivity contribution is 0.112. The molecular formula is C11H15NO. The Hall–Kier alpha value is -1.18. The SMILES string of the molecule is CCCc1c(C)ncc(C=O)c1C. The molecule has 0 saturated carbocycles. The van der Waals surface area contributed by atoms with Crippen molar-refractivity contribution in [3.05, 3.63) is 28.6 Å². The lowest BCUT2D eigenvalue weighted by Crippen LogP contribution is -2.00. The minimum atomic E-state index is 0.717. The number of hydrogen-bond acceptors (Lipinski definition) is 2. The molecule has 2 heteroatoms. The molecule has 0 amide bonds. The fourth-order valence-corrected chi connectivity index (χ4v) is 1.52. The molecule has 0 fully saturated rings. The van der Waals surface area contributed by atoms with Crippen LogP contribution in [0.2, 0.25) is 0 Å². The van der Waals surface area contributed by atoms with Crippen molar-refractivity contribution in [2.75, 3.05) is 0 Å². The van der Waals surface area contributed by atoms with Crippen molar-refractivity contribution >= 4 is 6.29 Å². The molecule has 2 nitrogen and oxygen atoms in total. The van der Waals surface area contributed by atoms with E-state index in [0.717, 1.165) is 30.4 Å². The summed E-state index contributed by atoms with van der Waals surface area (Å²) in [5.41, 5.74) is 4.08. The van der Waals surface area contributed by atoms with Gasteiger partial charge in [-0.25, -0.2) is 0 Å². The second-order valence-electron chi connectivity index (χ2n) is 3.27. The summed E-state index contributed by atoms with van der Waals surface area (Å²) in [6.45, 7) is 6.11. The summed E-state index contributed by atoms with van der Waals surface area (Å²) < 4.78 is 0. The number of rotatable bonds is 3. The number of nitrogens with zero attached hydrogens (tertiary/aromatic N) is 1. The molecule has 13 heavy (non-hydrogen) atoms. The molecule has 1 rings (SSSR count). The summed E-state index contributed by atoms with van der Waals surface area (Å²) in [5, 5.41) is 0. The van der Waals surface area contributed by atoms with Gasteiger partial charge in [0.2, 0.25) is 0 Å². The summed E-state index contributed by atoms with van der Waals surface area (Å²) in [5.74, 6) is 0. The molecule has 0 atom stereocenters. The van der Waals surface area contributed by atoms with Crippen molar-refractivity contribution in [2.45, 2.75) is 33.6 Å². The van der Waals surface area contributed by atoms with Gasteiger partial charge in [-0.1, -0.05) is 13.3 Å². The largest absolute Gasteiger partial charge is 0.298 e. The number of carbonyl (C=O) groups is 1. The van der Waals surface area contributed by atoms with Gasteiger partial charge in [0.25, 0.3) is 0 Å². The van der Waals surface area contributed by atoms with Crippen LogP contribution in [-0.2, 0) is 6.42 Å². The van der Waals surface area contributed by atoms with Crippen LogP contribution in [-0.4, -0.2) is 11.3 Å². The van der Waals surface area contributed by atoms with E-state index < -0.39 is 0 Å². The van der Waals surface area contributed by atoms with Crippen LogP contribution in [0.3, 0.4) is 0 Å². The maximum atomic E-state index is 10.7. The van der Waals surface area contributed by atoms with Crippen LogP contribution in [0.1, 0.15) is 40.5 Å². The van der Waals surface area contributed by atoms with Gasteiger partial charge in [0.05, 0.1) is 0 Å². The Labute approximate surface area is 79.0 Å². The van der Waals surface area contributed by atoms with Gasteiger partial charge < -0.3 is 0 Å². The number of hydrogen-bond donors (Lipinski definition) is 0. The smallest absolute Gasteiger partial charge is 0.151 e. The third-order valence-electron chi connectivity index (χ3n) is 2.35. The molecule has 0 aliphatic rings. The van der Waals surface area contributed by atoms with Crippen molar-refractivity contribution in [1.82, 2.24) is 4.98 Å². The summed E-state index contributed by atoms with van der Waals surface area (Å²) in [6.07, 6.45) is 4.62. The Bertz CT molecular complexity index is 318. The average Bonchev–Trinajstić information content (AvgIpc) is 2.12. The van der Waals surface area contributed by atoms with Gasteiger partial charge in [-0.05, 0) is 31.4 Å². The first-order valence-electron chi connectivity index (χ1n) is 4.61. The zero-order valence-electron chi connectivity index (χ0n) is 8.42. The van der Waals surface area contributed by atoms with Gasteiger partial charge in [0, 0.05) is 17.5 Å². The molecule has 0 aliphatic carbocycles. The van der Waals surface area contributed by atoms with Crippen LogP contribution < -0.4 is 0 Å². The van der Waals surface area contributed by atoms with E-state index in [1.165, 1.54) is 5.56 Å². The molecule has 1 aromatic rings. The molecule has 0 aromatic carbocycles. The second-order valence-corrected chi connectivity index (χ2v) is 3.27. The standard InChI is InChI=1S/C11H15NO/c1-4-5-11-8(2)10(7-13)6-12-9(11)3/h6-7H,4-5H2,1-3H3. The lowest BCUT2D eigenvalue weighted by atomic mass is 10.00. The van der Waals surface area contributed by atoms with Crippen LogP contribution in [0.4, 0.5) is 0 Å². The first-order valence-corrected chi connectivity index (χ1v) is 4.61. The number of carbonyl (C=O) groups excluding carboxylic acids is 1. The monoisotopic (exact) mass is 177 g/mol. The van der Waals surface area contributed by atoms with Gasteiger partial charge in [-0.3, -0.25) is 9.78 Å². The van der Waals surface area contributed by atoms with E-state index in [1.807, 2.05) is 13.8 Å².